The molecule has 30 heavy (non-hydrogen) atoms. The molecule has 0 aliphatic carbocycles. The second kappa shape index (κ2) is 7.21. The minimum absolute atomic E-state index is 0.0618. The summed E-state index contributed by atoms with van der Waals surface area (Å²) in [6, 6.07) is 6.23. The lowest BCUT2D eigenvalue weighted by molar-refractivity contribution is 0.0995. The first-order chi connectivity index (χ1) is 14.3. The van der Waals surface area contributed by atoms with Gasteiger partial charge in [0, 0.05) is 23.7 Å². The Morgan fingerprint density at radius 2 is 1.73 bits per heavy atom. The van der Waals surface area contributed by atoms with Gasteiger partial charge in [-0.25, -0.2) is 18.0 Å². The fourth-order valence-corrected chi connectivity index (χ4v) is 3.76. The van der Waals surface area contributed by atoms with E-state index in [1.807, 2.05) is 0 Å². The Kier molecular flexibility index (Phi) is 4.69. The molecule has 4 N–H and O–H groups in total. The van der Waals surface area contributed by atoms with E-state index in [0.29, 0.717) is 6.07 Å². The zero-order valence-electron chi connectivity index (χ0n) is 15.5. The van der Waals surface area contributed by atoms with Crippen molar-refractivity contribution in [2.45, 2.75) is 12.6 Å². The molecule has 0 bridgehead atoms. The van der Waals surface area contributed by atoms with E-state index in [1.165, 1.54) is 28.9 Å². The second-order valence-electron chi connectivity index (χ2n) is 6.81. The van der Waals surface area contributed by atoms with Crippen molar-refractivity contribution in [2.75, 3.05) is 6.54 Å². The van der Waals surface area contributed by atoms with Crippen molar-refractivity contribution in [3.63, 3.8) is 0 Å². The van der Waals surface area contributed by atoms with Crippen molar-refractivity contribution in [3.05, 3.63) is 76.7 Å². The molecule has 10 heteroatoms. The number of urea groups is 1. The van der Waals surface area contributed by atoms with Crippen molar-refractivity contribution >= 4 is 11.9 Å². The first-order valence-corrected chi connectivity index (χ1v) is 8.95. The average Bonchev–Trinajstić information content (AvgIpc) is 3.07. The van der Waals surface area contributed by atoms with Crippen molar-refractivity contribution in [1.82, 2.24) is 14.7 Å². The van der Waals surface area contributed by atoms with Crippen LogP contribution in [0.2, 0.25) is 0 Å². The Morgan fingerprint density at radius 1 is 1.00 bits per heavy atom. The fraction of sp³-hybridized carbons (Fsp3) is 0.150. The molecule has 3 aromatic rings. The summed E-state index contributed by atoms with van der Waals surface area (Å²) in [5.74, 6) is -3.17. The third-order valence-corrected chi connectivity index (χ3v) is 5.00. The minimum Gasteiger partial charge on any atom is -0.365 e. The summed E-state index contributed by atoms with van der Waals surface area (Å²) in [7, 11) is 0. The van der Waals surface area contributed by atoms with Gasteiger partial charge in [-0.1, -0.05) is 18.2 Å². The van der Waals surface area contributed by atoms with Crippen LogP contribution in [0.3, 0.4) is 0 Å². The summed E-state index contributed by atoms with van der Waals surface area (Å²) in [4.78, 5) is 25.6. The van der Waals surface area contributed by atoms with Gasteiger partial charge < -0.3 is 16.4 Å². The maximum absolute atomic E-state index is 14.7. The van der Waals surface area contributed by atoms with Crippen LogP contribution >= 0.6 is 0 Å². The Balaban J connectivity index is 2.00. The summed E-state index contributed by atoms with van der Waals surface area (Å²) in [5, 5.41) is 4.37. The highest BCUT2D eigenvalue weighted by Crippen LogP contribution is 2.39. The van der Waals surface area contributed by atoms with Crippen LogP contribution in [-0.4, -0.2) is 33.2 Å². The first-order valence-electron chi connectivity index (χ1n) is 8.95. The van der Waals surface area contributed by atoms with Crippen LogP contribution in [0.25, 0.3) is 11.3 Å². The van der Waals surface area contributed by atoms with Crippen molar-refractivity contribution in [3.8, 4) is 11.3 Å². The van der Waals surface area contributed by atoms with E-state index in [4.69, 9.17) is 11.5 Å². The van der Waals surface area contributed by atoms with Gasteiger partial charge in [-0.3, -0.25) is 9.48 Å². The van der Waals surface area contributed by atoms with E-state index < -0.39 is 35.4 Å². The molecular formula is C20H16F3N5O2. The number of benzene rings is 2. The number of hydrogen-bond donors (Lipinski definition) is 2. The Labute approximate surface area is 168 Å². The fourth-order valence-electron chi connectivity index (χ4n) is 3.76. The number of halogens is 3. The molecule has 3 amide bonds. The largest absolute Gasteiger partial charge is 0.365 e. The molecule has 0 radical (unpaired) electrons. The Morgan fingerprint density at radius 3 is 2.37 bits per heavy atom. The lowest BCUT2D eigenvalue weighted by Gasteiger charge is -2.35. The maximum Gasteiger partial charge on any atom is 0.315 e. The molecule has 4 rings (SSSR count). The molecule has 0 fully saturated rings. The SMILES string of the molecule is NC(=O)c1c(-c2cccc(F)c2)nn2c1C(c1ccc(F)cc1F)N(C(N)=O)CC2. The maximum atomic E-state index is 14.7. The van der Waals surface area contributed by atoms with Gasteiger partial charge in [0.15, 0.2) is 0 Å². The zero-order chi connectivity index (χ0) is 21.6. The lowest BCUT2D eigenvalue weighted by Crippen LogP contribution is -2.46. The van der Waals surface area contributed by atoms with Crippen LogP contribution < -0.4 is 11.5 Å². The molecule has 1 aliphatic heterocycles. The first kappa shape index (κ1) is 19.5. The second-order valence-corrected chi connectivity index (χ2v) is 6.81. The van der Waals surface area contributed by atoms with E-state index in [0.717, 1.165) is 11.0 Å². The average molecular weight is 415 g/mol. The van der Waals surface area contributed by atoms with Gasteiger partial charge in [0.25, 0.3) is 5.91 Å². The molecule has 0 saturated heterocycles. The molecule has 0 spiro atoms. The Bertz CT molecular complexity index is 1180. The highest BCUT2D eigenvalue weighted by molar-refractivity contribution is 6.00. The highest BCUT2D eigenvalue weighted by Gasteiger charge is 2.39. The van der Waals surface area contributed by atoms with Crippen molar-refractivity contribution in [1.29, 1.82) is 0 Å². The predicted molar refractivity (Wildman–Crippen MR) is 101 cm³/mol. The van der Waals surface area contributed by atoms with Crippen LogP contribution in [0, 0.1) is 17.5 Å². The van der Waals surface area contributed by atoms with Gasteiger partial charge >= 0.3 is 6.03 Å². The quantitative estimate of drug-likeness (QED) is 0.686. The number of carbonyl (C=O) groups excluding carboxylic acids is 2. The van der Waals surface area contributed by atoms with Crippen molar-refractivity contribution in [2.24, 2.45) is 11.5 Å². The van der Waals surface area contributed by atoms with E-state index in [-0.39, 0.29) is 41.2 Å². The molecule has 1 unspecified atom stereocenters. The van der Waals surface area contributed by atoms with E-state index in [9.17, 15) is 22.8 Å². The molecule has 154 valence electrons. The Hall–Kier alpha value is -3.82. The van der Waals surface area contributed by atoms with Gasteiger partial charge in [-0.2, -0.15) is 5.10 Å². The highest BCUT2D eigenvalue weighted by atomic mass is 19.1. The third kappa shape index (κ3) is 3.15. The van der Waals surface area contributed by atoms with Gasteiger partial charge in [0.2, 0.25) is 0 Å². The monoisotopic (exact) mass is 415 g/mol. The summed E-state index contributed by atoms with van der Waals surface area (Å²) in [5.41, 5.74) is 11.4. The molecule has 1 aliphatic rings. The number of aromatic nitrogens is 2. The number of nitrogens with zero attached hydrogens (tertiary/aromatic N) is 3. The number of hydrogen-bond acceptors (Lipinski definition) is 3. The predicted octanol–water partition coefficient (Wildman–Crippen LogP) is 2.55. The number of carbonyl (C=O) groups is 2. The van der Waals surface area contributed by atoms with Gasteiger partial charge in [-0.05, 0) is 18.2 Å². The normalized spacial score (nSPS) is 15.7. The third-order valence-electron chi connectivity index (χ3n) is 5.00. The lowest BCUT2D eigenvalue weighted by atomic mass is 9.94. The van der Waals surface area contributed by atoms with E-state index in [2.05, 4.69) is 5.10 Å². The molecule has 2 aromatic carbocycles. The molecule has 7 nitrogen and oxygen atoms in total. The van der Waals surface area contributed by atoms with Gasteiger partial charge in [0.1, 0.15) is 29.2 Å². The molecule has 1 atom stereocenters. The topological polar surface area (TPSA) is 107 Å². The molecule has 2 heterocycles. The van der Waals surface area contributed by atoms with E-state index >= 15 is 0 Å². The number of amides is 3. The van der Waals surface area contributed by atoms with E-state index in [1.54, 1.807) is 6.07 Å². The number of primary amides is 2. The molecule has 0 saturated carbocycles. The van der Waals surface area contributed by atoms with Crippen LogP contribution in [0.1, 0.15) is 27.7 Å². The van der Waals surface area contributed by atoms with Crippen LogP contribution in [0.4, 0.5) is 18.0 Å². The summed E-state index contributed by atoms with van der Waals surface area (Å²) in [6.07, 6.45) is 0. The minimum atomic E-state index is -1.17. The summed E-state index contributed by atoms with van der Waals surface area (Å²) >= 11 is 0. The smallest absolute Gasteiger partial charge is 0.315 e. The zero-order valence-corrected chi connectivity index (χ0v) is 15.5. The molecule has 1 aromatic heterocycles. The van der Waals surface area contributed by atoms with Gasteiger partial charge in [-0.15, -0.1) is 0 Å². The molecular weight excluding hydrogens is 399 g/mol. The number of fused-ring (bicyclic) bond motifs is 1. The summed E-state index contributed by atoms with van der Waals surface area (Å²) in [6.45, 7) is 0.208. The number of rotatable bonds is 3. The van der Waals surface area contributed by atoms with Gasteiger partial charge in [0.05, 0.1) is 17.8 Å². The van der Waals surface area contributed by atoms with Crippen molar-refractivity contribution < 1.29 is 22.8 Å². The van der Waals surface area contributed by atoms with Crippen LogP contribution in [0.5, 0.6) is 0 Å². The standard InChI is InChI=1S/C20H16F3N5O2/c21-11-3-1-2-10(8-11)16-15(19(24)29)18-17(13-5-4-12(22)9-14(13)23)27(20(25)30)6-7-28(18)26-16/h1-5,8-9,17H,6-7H2,(H2,24,29)(H2,25,30). The van der Waals surface area contributed by atoms with Crippen LogP contribution in [0.15, 0.2) is 42.5 Å². The number of nitrogens with two attached hydrogens (primary N) is 2. The van der Waals surface area contributed by atoms with Crippen LogP contribution in [-0.2, 0) is 6.54 Å². The summed E-state index contributed by atoms with van der Waals surface area (Å²) < 4.78 is 43.3.